The Balaban J connectivity index is 2.72. The minimum Gasteiger partial charge on any atom is -0.497 e. The Morgan fingerprint density at radius 2 is 1.71 bits per heavy atom. The molecule has 1 aromatic rings. The molecule has 0 aromatic heterocycles. The van der Waals surface area contributed by atoms with E-state index in [0.717, 1.165) is 37.4 Å². The van der Waals surface area contributed by atoms with Gasteiger partial charge in [0.25, 0.3) is 0 Å². The minimum absolute atomic E-state index is 0.0182. The summed E-state index contributed by atoms with van der Waals surface area (Å²) in [6.45, 7) is 7.62. The molecule has 1 aromatic carbocycles. The second-order valence-electron chi connectivity index (χ2n) is 5.88. The van der Waals surface area contributed by atoms with Gasteiger partial charge in [0.15, 0.2) is 0 Å². The Hall–Kier alpha value is -1.10. The van der Waals surface area contributed by atoms with Crippen molar-refractivity contribution in [2.45, 2.75) is 32.4 Å². The molecule has 2 unspecified atom stereocenters. The van der Waals surface area contributed by atoms with Gasteiger partial charge in [-0.15, -0.1) is 0 Å². The van der Waals surface area contributed by atoms with Gasteiger partial charge in [-0.2, -0.15) is 0 Å². The molecule has 0 heterocycles. The second-order valence-corrected chi connectivity index (χ2v) is 5.88. The standard InChI is InChI=1S/C17H31N3O/c1-6-11-20(13-12-19(3)4)14(2)17(18)15-7-9-16(21-5)10-8-15/h7-10,14,17H,6,11-13,18H2,1-5H3. The first-order chi connectivity index (χ1) is 9.99. The van der Waals surface area contributed by atoms with Crippen LogP contribution in [0.1, 0.15) is 31.9 Å². The summed E-state index contributed by atoms with van der Waals surface area (Å²) >= 11 is 0. The highest BCUT2D eigenvalue weighted by atomic mass is 16.5. The molecule has 0 fully saturated rings. The van der Waals surface area contributed by atoms with Crippen molar-refractivity contribution in [3.63, 3.8) is 0 Å². The lowest BCUT2D eigenvalue weighted by molar-refractivity contribution is 0.168. The van der Waals surface area contributed by atoms with Crippen LogP contribution in [-0.4, -0.2) is 56.7 Å². The highest BCUT2D eigenvalue weighted by Crippen LogP contribution is 2.21. The molecule has 0 saturated carbocycles. The first-order valence-electron chi connectivity index (χ1n) is 7.77. The van der Waals surface area contributed by atoms with Gasteiger partial charge in [-0.05, 0) is 51.7 Å². The maximum absolute atomic E-state index is 6.47. The summed E-state index contributed by atoms with van der Waals surface area (Å²) < 4.78 is 5.20. The fraction of sp³-hybridized carbons (Fsp3) is 0.647. The highest BCUT2D eigenvalue weighted by molar-refractivity contribution is 5.29. The number of hydrogen-bond donors (Lipinski definition) is 1. The number of rotatable bonds is 9. The first kappa shape index (κ1) is 18.0. The van der Waals surface area contributed by atoms with E-state index < -0.39 is 0 Å². The van der Waals surface area contributed by atoms with Crippen LogP contribution < -0.4 is 10.5 Å². The Bertz CT molecular complexity index is 392. The highest BCUT2D eigenvalue weighted by Gasteiger charge is 2.21. The molecule has 0 spiro atoms. The summed E-state index contributed by atoms with van der Waals surface area (Å²) in [6, 6.07) is 8.42. The lowest BCUT2D eigenvalue weighted by Crippen LogP contribution is -2.44. The molecule has 0 amide bonds. The smallest absolute Gasteiger partial charge is 0.118 e. The van der Waals surface area contributed by atoms with Crippen molar-refractivity contribution in [3.05, 3.63) is 29.8 Å². The van der Waals surface area contributed by atoms with Crippen molar-refractivity contribution in [2.75, 3.05) is 40.8 Å². The lowest BCUT2D eigenvalue weighted by atomic mass is 9.99. The van der Waals surface area contributed by atoms with Crippen LogP contribution in [0.3, 0.4) is 0 Å². The van der Waals surface area contributed by atoms with E-state index in [1.165, 1.54) is 0 Å². The Labute approximate surface area is 129 Å². The molecular weight excluding hydrogens is 262 g/mol. The van der Waals surface area contributed by atoms with Gasteiger partial charge in [-0.25, -0.2) is 0 Å². The van der Waals surface area contributed by atoms with Gasteiger partial charge in [-0.3, -0.25) is 4.90 Å². The van der Waals surface area contributed by atoms with Crippen LogP contribution in [0.15, 0.2) is 24.3 Å². The number of likely N-dealkylation sites (N-methyl/N-ethyl adjacent to an activating group) is 1. The van der Waals surface area contributed by atoms with Gasteiger partial charge in [-0.1, -0.05) is 19.1 Å². The Kier molecular flexibility index (Phi) is 7.72. The summed E-state index contributed by atoms with van der Waals surface area (Å²) in [5.74, 6) is 0.872. The fourth-order valence-corrected chi connectivity index (χ4v) is 2.47. The molecule has 21 heavy (non-hydrogen) atoms. The number of methoxy groups -OCH3 is 1. The fourth-order valence-electron chi connectivity index (χ4n) is 2.47. The number of hydrogen-bond acceptors (Lipinski definition) is 4. The molecule has 0 aliphatic heterocycles. The van der Waals surface area contributed by atoms with Crippen LogP contribution in [-0.2, 0) is 0 Å². The quantitative estimate of drug-likeness (QED) is 0.759. The predicted octanol–water partition coefficient (Wildman–Crippen LogP) is 2.36. The number of nitrogens with zero attached hydrogens (tertiary/aromatic N) is 2. The average molecular weight is 293 g/mol. The summed E-state index contributed by atoms with van der Waals surface area (Å²) in [7, 11) is 5.90. The number of benzene rings is 1. The SMILES string of the molecule is CCCN(CCN(C)C)C(C)C(N)c1ccc(OC)cc1. The van der Waals surface area contributed by atoms with Gasteiger partial charge in [0.05, 0.1) is 7.11 Å². The second kappa shape index (κ2) is 9.03. The van der Waals surface area contributed by atoms with E-state index >= 15 is 0 Å². The van der Waals surface area contributed by atoms with Crippen molar-refractivity contribution in [1.29, 1.82) is 0 Å². The van der Waals surface area contributed by atoms with E-state index in [-0.39, 0.29) is 6.04 Å². The molecule has 2 N–H and O–H groups in total. The van der Waals surface area contributed by atoms with Crippen molar-refractivity contribution < 1.29 is 4.74 Å². The molecule has 0 aliphatic rings. The minimum atomic E-state index is 0.0182. The van der Waals surface area contributed by atoms with Crippen LogP contribution in [0.5, 0.6) is 5.75 Å². The largest absolute Gasteiger partial charge is 0.497 e. The maximum atomic E-state index is 6.47. The van der Waals surface area contributed by atoms with Crippen LogP contribution in [0.25, 0.3) is 0 Å². The predicted molar refractivity (Wildman–Crippen MR) is 89.8 cm³/mol. The molecule has 120 valence electrons. The summed E-state index contributed by atoms with van der Waals surface area (Å²) in [4.78, 5) is 4.70. The van der Waals surface area contributed by atoms with Crippen molar-refractivity contribution in [2.24, 2.45) is 5.73 Å². The zero-order valence-electron chi connectivity index (χ0n) is 14.2. The van der Waals surface area contributed by atoms with Crippen LogP contribution >= 0.6 is 0 Å². The molecule has 4 nitrogen and oxygen atoms in total. The van der Waals surface area contributed by atoms with E-state index in [9.17, 15) is 0 Å². The van der Waals surface area contributed by atoms with E-state index in [0.29, 0.717) is 6.04 Å². The number of nitrogens with two attached hydrogens (primary N) is 1. The summed E-state index contributed by atoms with van der Waals surface area (Å²) in [5.41, 5.74) is 7.63. The van der Waals surface area contributed by atoms with Crippen LogP contribution in [0.2, 0.25) is 0 Å². The van der Waals surface area contributed by atoms with Gasteiger partial charge in [0, 0.05) is 25.2 Å². The molecule has 4 heteroatoms. The molecule has 0 saturated heterocycles. The zero-order chi connectivity index (χ0) is 15.8. The maximum Gasteiger partial charge on any atom is 0.118 e. The molecule has 0 radical (unpaired) electrons. The Morgan fingerprint density at radius 1 is 1.10 bits per heavy atom. The summed E-state index contributed by atoms with van der Waals surface area (Å²) in [5, 5.41) is 0. The van der Waals surface area contributed by atoms with Crippen molar-refractivity contribution in [1.82, 2.24) is 9.80 Å². The third-order valence-electron chi connectivity index (χ3n) is 3.94. The average Bonchev–Trinajstić information content (AvgIpc) is 2.50. The lowest BCUT2D eigenvalue weighted by Gasteiger charge is -2.34. The van der Waals surface area contributed by atoms with Crippen LogP contribution in [0.4, 0.5) is 0 Å². The molecule has 2 atom stereocenters. The molecule has 0 aliphatic carbocycles. The Morgan fingerprint density at radius 3 is 2.19 bits per heavy atom. The summed E-state index contributed by atoms with van der Waals surface area (Å²) in [6.07, 6.45) is 1.15. The molecule has 0 bridgehead atoms. The normalized spacial score (nSPS) is 14.5. The van der Waals surface area contributed by atoms with E-state index in [4.69, 9.17) is 10.5 Å². The zero-order valence-corrected chi connectivity index (χ0v) is 14.2. The van der Waals surface area contributed by atoms with Gasteiger partial charge in [0.2, 0.25) is 0 Å². The van der Waals surface area contributed by atoms with E-state index in [2.05, 4.69) is 49.9 Å². The van der Waals surface area contributed by atoms with Gasteiger partial charge >= 0.3 is 0 Å². The molecular formula is C17H31N3O. The van der Waals surface area contributed by atoms with Crippen LogP contribution in [0, 0.1) is 0 Å². The van der Waals surface area contributed by atoms with E-state index in [1.807, 2.05) is 12.1 Å². The topological polar surface area (TPSA) is 41.7 Å². The first-order valence-corrected chi connectivity index (χ1v) is 7.77. The van der Waals surface area contributed by atoms with E-state index in [1.54, 1.807) is 7.11 Å². The van der Waals surface area contributed by atoms with Gasteiger partial charge in [0.1, 0.15) is 5.75 Å². The monoisotopic (exact) mass is 293 g/mol. The van der Waals surface area contributed by atoms with Gasteiger partial charge < -0.3 is 15.4 Å². The number of ether oxygens (including phenoxy) is 1. The molecule has 1 rings (SSSR count). The van der Waals surface area contributed by atoms with Crippen molar-refractivity contribution >= 4 is 0 Å². The third kappa shape index (κ3) is 5.65. The third-order valence-corrected chi connectivity index (χ3v) is 3.94. The van der Waals surface area contributed by atoms with Crippen molar-refractivity contribution in [3.8, 4) is 5.75 Å².